The van der Waals surface area contributed by atoms with Gasteiger partial charge in [0.05, 0.1) is 6.61 Å². The maximum absolute atomic E-state index is 12.6. The number of hydrogen-bond acceptors (Lipinski definition) is 4. The predicted molar refractivity (Wildman–Crippen MR) is 126 cm³/mol. The second kappa shape index (κ2) is 12.3. The molecule has 0 aliphatic heterocycles. The number of nitrogens with one attached hydrogen (secondary N) is 2. The van der Waals surface area contributed by atoms with Gasteiger partial charge in [-0.05, 0) is 61.4 Å². The van der Waals surface area contributed by atoms with Gasteiger partial charge in [0.1, 0.15) is 12.4 Å². The van der Waals surface area contributed by atoms with Crippen LogP contribution in [0.4, 0.5) is 11.4 Å². The first-order valence-corrected chi connectivity index (χ1v) is 10.7. The summed E-state index contributed by atoms with van der Waals surface area (Å²) in [5.41, 5.74) is 2.88. The van der Waals surface area contributed by atoms with Crippen LogP contribution in [0.3, 0.4) is 0 Å². The predicted octanol–water partition coefficient (Wildman–Crippen LogP) is 4.93. The van der Waals surface area contributed by atoms with Crippen LogP contribution in [0.25, 0.3) is 0 Å². The Morgan fingerprint density at radius 1 is 0.812 bits per heavy atom. The summed E-state index contributed by atoms with van der Waals surface area (Å²) in [5, 5.41) is 5.74. The second-order valence-corrected chi connectivity index (χ2v) is 7.14. The Balaban J connectivity index is 1.50. The Labute approximate surface area is 188 Å². The first-order valence-electron chi connectivity index (χ1n) is 10.7. The minimum absolute atomic E-state index is 0.0720. The molecule has 0 aliphatic rings. The van der Waals surface area contributed by atoms with Crippen LogP contribution in [0, 0.1) is 0 Å². The van der Waals surface area contributed by atoms with Crippen molar-refractivity contribution >= 4 is 23.2 Å². The highest BCUT2D eigenvalue weighted by Gasteiger charge is 2.08. The van der Waals surface area contributed by atoms with Crippen molar-refractivity contribution in [3.63, 3.8) is 0 Å². The van der Waals surface area contributed by atoms with E-state index in [1.165, 1.54) is 0 Å². The zero-order valence-electron chi connectivity index (χ0n) is 18.2. The zero-order valence-corrected chi connectivity index (χ0v) is 18.2. The molecule has 0 bridgehead atoms. The van der Waals surface area contributed by atoms with Crippen LogP contribution in [0.15, 0.2) is 78.9 Å². The molecule has 0 heterocycles. The van der Waals surface area contributed by atoms with Gasteiger partial charge in [0.25, 0.3) is 5.91 Å². The van der Waals surface area contributed by atoms with Crippen molar-refractivity contribution in [2.45, 2.75) is 19.8 Å². The second-order valence-electron chi connectivity index (χ2n) is 7.14. The van der Waals surface area contributed by atoms with Crippen molar-refractivity contribution in [3.05, 3.63) is 90.0 Å². The summed E-state index contributed by atoms with van der Waals surface area (Å²) in [6, 6.07) is 23.9. The van der Waals surface area contributed by atoms with Crippen molar-refractivity contribution in [2.75, 3.05) is 30.5 Å². The van der Waals surface area contributed by atoms with Crippen molar-refractivity contribution < 1.29 is 19.1 Å². The zero-order chi connectivity index (χ0) is 22.6. The first-order chi connectivity index (χ1) is 15.6. The highest BCUT2D eigenvalue weighted by atomic mass is 16.5. The molecule has 3 rings (SSSR count). The molecule has 166 valence electrons. The number of benzene rings is 3. The van der Waals surface area contributed by atoms with E-state index in [1.807, 2.05) is 37.3 Å². The molecular formula is C26H28N2O4. The minimum atomic E-state index is -0.238. The van der Waals surface area contributed by atoms with E-state index >= 15 is 0 Å². The van der Waals surface area contributed by atoms with Crippen molar-refractivity contribution in [3.8, 4) is 5.75 Å². The van der Waals surface area contributed by atoms with Gasteiger partial charge in [-0.2, -0.15) is 0 Å². The highest BCUT2D eigenvalue weighted by Crippen LogP contribution is 2.18. The van der Waals surface area contributed by atoms with Gasteiger partial charge in [-0.3, -0.25) is 9.59 Å². The Morgan fingerprint density at radius 2 is 1.53 bits per heavy atom. The Kier molecular flexibility index (Phi) is 8.83. The quantitative estimate of drug-likeness (QED) is 0.422. The Bertz CT molecular complexity index is 1000. The third-order valence-corrected chi connectivity index (χ3v) is 4.70. The molecule has 3 aromatic carbocycles. The maximum Gasteiger partial charge on any atom is 0.255 e. The molecule has 0 aliphatic carbocycles. The summed E-state index contributed by atoms with van der Waals surface area (Å²) in [6.07, 6.45) is 1.06. The largest absolute Gasteiger partial charge is 0.491 e. The fourth-order valence-corrected chi connectivity index (χ4v) is 3.07. The molecule has 0 radical (unpaired) electrons. The molecule has 0 atom stereocenters. The van der Waals surface area contributed by atoms with Crippen LogP contribution in [-0.2, 0) is 16.0 Å². The van der Waals surface area contributed by atoms with Crippen molar-refractivity contribution in [2.24, 2.45) is 0 Å². The van der Waals surface area contributed by atoms with Crippen LogP contribution < -0.4 is 15.4 Å². The first kappa shape index (κ1) is 23.0. The van der Waals surface area contributed by atoms with Crippen LogP contribution >= 0.6 is 0 Å². The molecule has 0 aromatic heterocycles. The number of carbonyl (C=O) groups excluding carboxylic acids is 2. The summed E-state index contributed by atoms with van der Waals surface area (Å²) < 4.78 is 10.8. The number of hydrogen-bond donors (Lipinski definition) is 2. The molecule has 6 nitrogen and oxygen atoms in total. The molecule has 2 amide bonds. The number of amides is 2. The van der Waals surface area contributed by atoms with Crippen LogP contribution in [0.1, 0.15) is 29.3 Å². The molecule has 6 heteroatoms. The topological polar surface area (TPSA) is 76.7 Å². The number of anilines is 2. The van der Waals surface area contributed by atoms with Gasteiger partial charge in [0.2, 0.25) is 5.91 Å². The van der Waals surface area contributed by atoms with E-state index in [2.05, 4.69) is 10.6 Å². The number of carbonyl (C=O) groups is 2. The van der Waals surface area contributed by atoms with Crippen LogP contribution in [0.5, 0.6) is 5.75 Å². The molecular weight excluding hydrogens is 404 g/mol. The summed E-state index contributed by atoms with van der Waals surface area (Å²) in [4.78, 5) is 24.8. The lowest BCUT2D eigenvalue weighted by Crippen LogP contribution is -2.14. The summed E-state index contributed by atoms with van der Waals surface area (Å²) in [5.74, 6) is 0.372. The Hall–Kier alpha value is -3.64. The number of aryl methyl sites for hydroxylation is 1. The third kappa shape index (κ3) is 7.56. The van der Waals surface area contributed by atoms with Gasteiger partial charge in [-0.1, -0.05) is 36.4 Å². The van der Waals surface area contributed by atoms with Gasteiger partial charge in [-0.15, -0.1) is 0 Å². The monoisotopic (exact) mass is 432 g/mol. The van der Waals surface area contributed by atoms with Gasteiger partial charge in [0.15, 0.2) is 0 Å². The highest BCUT2D eigenvalue weighted by molar-refractivity contribution is 6.04. The van der Waals surface area contributed by atoms with Crippen molar-refractivity contribution in [1.82, 2.24) is 0 Å². The fraction of sp³-hybridized carbons (Fsp3) is 0.231. The lowest BCUT2D eigenvalue weighted by atomic mass is 10.1. The molecule has 0 spiro atoms. The third-order valence-electron chi connectivity index (χ3n) is 4.70. The number of rotatable bonds is 11. The fourth-order valence-electron chi connectivity index (χ4n) is 3.07. The lowest BCUT2D eigenvalue weighted by Gasteiger charge is -2.10. The molecule has 0 fully saturated rings. The van der Waals surface area contributed by atoms with E-state index in [4.69, 9.17) is 9.47 Å². The van der Waals surface area contributed by atoms with Gasteiger partial charge < -0.3 is 20.1 Å². The SMILES string of the molecule is CCOCCOc1ccc(C(=O)Nc2cccc(NC(=O)CCc3ccccc3)c2)cc1. The number of ether oxygens (including phenoxy) is 2. The Morgan fingerprint density at radius 3 is 2.25 bits per heavy atom. The van der Waals surface area contributed by atoms with Gasteiger partial charge >= 0.3 is 0 Å². The van der Waals surface area contributed by atoms with Crippen molar-refractivity contribution in [1.29, 1.82) is 0 Å². The van der Waals surface area contributed by atoms with E-state index in [0.717, 1.165) is 5.56 Å². The van der Waals surface area contributed by atoms with E-state index in [9.17, 15) is 9.59 Å². The van der Waals surface area contributed by atoms with E-state index in [-0.39, 0.29) is 11.8 Å². The maximum atomic E-state index is 12.6. The lowest BCUT2D eigenvalue weighted by molar-refractivity contribution is -0.116. The minimum Gasteiger partial charge on any atom is -0.491 e. The molecule has 0 saturated heterocycles. The van der Waals surface area contributed by atoms with Gasteiger partial charge in [0, 0.05) is 30.0 Å². The molecule has 3 aromatic rings. The van der Waals surface area contributed by atoms with E-state index in [1.54, 1.807) is 48.5 Å². The smallest absolute Gasteiger partial charge is 0.255 e. The molecule has 0 unspecified atom stereocenters. The summed E-state index contributed by atoms with van der Waals surface area (Å²) in [7, 11) is 0. The van der Waals surface area contributed by atoms with E-state index in [0.29, 0.717) is 55.4 Å². The van der Waals surface area contributed by atoms with E-state index < -0.39 is 0 Å². The standard InChI is InChI=1S/C26H28N2O4/c1-2-31-17-18-32-24-14-12-21(13-15-24)26(30)28-23-10-6-9-22(19-23)27-25(29)16-11-20-7-4-3-5-8-20/h3-10,12-15,19H,2,11,16-18H2,1H3,(H,27,29)(H,28,30). The average Bonchev–Trinajstić information content (AvgIpc) is 2.82. The van der Waals surface area contributed by atoms with Gasteiger partial charge in [-0.25, -0.2) is 0 Å². The molecule has 2 N–H and O–H groups in total. The van der Waals surface area contributed by atoms with Crippen LogP contribution in [0.2, 0.25) is 0 Å². The summed E-state index contributed by atoms with van der Waals surface area (Å²) >= 11 is 0. The average molecular weight is 433 g/mol. The summed E-state index contributed by atoms with van der Waals surface area (Å²) in [6.45, 7) is 3.57. The molecule has 0 saturated carbocycles. The normalized spacial score (nSPS) is 10.4. The molecule has 32 heavy (non-hydrogen) atoms. The van der Waals surface area contributed by atoms with Crippen LogP contribution in [-0.4, -0.2) is 31.6 Å².